The number of aromatic nitrogens is 2. The van der Waals surface area contributed by atoms with Crippen molar-refractivity contribution in [3.63, 3.8) is 0 Å². The van der Waals surface area contributed by atoms with Crippen LogP contribution in [0, 0.1) is 0 Å². The first-order valence-corrected chi connectivity index (χ1v) is 6.22. The van der Waals surface area contributed by atoms with Crippen LogP contribution in [0.15, 0.2) is 41.2 Å². The summed E-state index contributed by atoms with van der Waals surface area (Å²) >= 11 is 0. The molecule has 0 saturated carbocycles. The third-order valence-corrected chi connectivity index (χ3v) is 2.81. The number of carboxylic acids is 1. The molecule has 108 valence electrons. The van der Waals surface area contributed by atoms with Crippen molar-refractivity contribution in [3.8, 4) is 0 Å². The molecule has 0 saturated heterocycles. The molecule has 2 rings (SSSR count). The maximum atomic E-state index is 11.7. The maximum Gasteiger partial charge on any atom is 0.335 e. The zero-order valence-corrected chi connectivity index (χ0v) is 11.0. The molecule has 21 heavy (non-hydrogen) atoms. The van der Waals surface area contributed by atoms with Gasteiger partial charge in [0.05, 0.1) is 5.56 Å². The van der Waals surface area contributed by atoms with Crippen LogP contribution in [0.1, 0.15) is 26.4 Å². The Bertz CT molecular complexity index is 686. The molecule has 1 heterocycles. The van der Waals surface area contributed by atoms with Crippen molar-refractivity contribution in [2.45, 2.75) is 6.42 Å². The molecule has 1 aromatic carbocycles. The smallest absolute Gasteiger partial charge is 0.335 e. The van der Waals surface area contributed by atoms with E-state index in [2.05, 4.69) is 15.5 Å². The largest absolute Gasteiger partial charge is 0.478 e. The van der Waals surface area contributed by atoms with Gasteiger partial charge >= 0.3 is 5.97 Å². The van der Waals surface area contributed by atoms with Gasteiger partial charge in [0.2, 0.25) is 0 Å². The SMILES string of the molecule is O=C(O)c1ccc(CCNC(=O)c2ccc(=O)[nH]n2)cc1. The van der Waals surface area contributed by atoms with Gasteiger partial charge in [0.25, 0.3) is 11.5 Å². The molecule has 0 aliphatic carbocycles. The van der Waals surface area contributed by atoms with Gasteiger partial charge in [-0.15, -0.1) is 0 Å². The van der Waals surface area contributed by atoms with Crippen LogP contribution in [0.4, 0.5) is 0 Å². The van der Waals surface area contributed by atoms with E-state index >= 15 is 0 Å². The highest BCUT2D eigenvalue weighted by Crippen LogP contribution is 2.04. The molecular weight excluding hydrogens is 274 g/mol. The highest BCUT2D eigenvalue weighted by atomic mass is 16.4. The van der Waals surface area contributed by atoms with Gasteiger partial charge in [0.15, 0.2) is 0 Å². The van der Waals surface area contributed by atoms with Crippen molar-refractivity contribution in [2.75, 3.05) is 6.54 Å². The molecule has 1 aromatic heterocycles. The summed E-state index contributed by atoms with van der Waals surface area (Å²) in [7, 11) is 0. The van der Waals surface area contributed by atoms with Gasteiger partial charge in [0, 0.05) is 12.6 Å². The lowest BCUT2D eigenvalue weighted by Crippen LogP contribution is -2.27. The molecular formula is C14H13N3O4. The lowest BCUT2D eigenvalue weighted by molar-refractivity contribution is 0.0696. The highest BCUT2D eigenvalue weighted by Gasteiger charge is 2.06. The van der Waals surface area contributed by atoms with Crippen molar-refractivity contribution in [3.05, 3.63) is 63.6 Å². The summed E-state index contributed by atoms with van der Waals surface area (Å²) in [6, 6.07) is 9.01. The number of amides is 1. The number of aromatic amines is 1. The Balaban J connectivity index is 1.86. The fourth-order valence-corrected chi connectivity index (χ4v) is 1.70. The van der Waals surface area contributed by atoms with Crippen molar-refractivity contribution < 1.29 is 14.7 Å². The first kappa shape index (κ1) is 14.4. The van der Waals surface area contributed by atoms with Crippen LogP contribution in [0.2, 0.25) is 0 Å². The molecule has 2 aromatic rings. The number of aromatic carboxylic acids is 1. The number of rotatable bonds is 5. The summed E-state index contributed by atoms with van der Waals surface area (Å²) in [6.07, 6.45) is 0.564. The Morgan fingerprint density at radius 3 is 2.43 bits per heavy atom. The van der Waals surface area contributed by atoms with E-state index in [1.807, 2.05) is 0 Å². The van der Waals surface area contributed by atoms with E-state index in [4.69, 9.17) is 5.11 Å². The first-order chi connectivity index (χ1) is 10.1. The minimum Gasteiger partial charge on any atom is -0.478 e. The molecule has 0 spiro atoms. The topological polar surface area (TPSA) is 112 Å². The van der Waals surface area contributed by atoms with Gasteiger partial charge in [-0.05, 0) is 30.2 Å². The second kappa shape index (κ2) is 6.47. The normalized spacial score (nSPS) is 10.1. The van der Waals surface area contributed by atoms with Gasteiger partial charge in [-0.25, -0.2) is 9.89 Å². The molecule has 3 N–H and O–H groups in total. The van der Waals surface area contributed by atoms with E-state index in [9.17, 15) is 14.4 Å². The quantitative estimate of drug-likeness (QED) is 0.738. The zero-order chi connectivity index (χ0) is 15.2. The van der Waals surface area contributed by atoms with E-state index in [1.54, 1.807) is 12.1 Å². The molecule has 1 amide bonds. The first-order valence-electron chi connectivity index (χ1n) is 6.22. The van der Waals surface area contributed by atoms with Crippen LogP contribution < -0.4 is 10.9 Å². The third-order valence-electron chi connectivity index (χ3n) is 2.81. The van der Waals surface area contributed by atoms with Crippen molar-refractivity contribution >= 4 is 11.9 Å². The van der Waals surface area contributed by atoms with Crippen LogP contribution >= 0.6 is 0 Å². The molecule has 0 unspecified atom stereocenters. The van der Waals surface area contributed by atoms with Gasteiger partial charge in [-0.1, -0.05) is 12.1 Å². The number of hydrogen-bond acceptors (Lipinski definition) is 4. The van der Waals surface area contributed by atoms with Crippen LogP contribution in [-0.4, -0.2) is 33.7 Å². The average molecular weight is 287 g/mol. The van der Waals surface area contributed by atoms with E-state index in [0.717, 1.165) is 5.56 Å². The number of carboxylic acid groups (broad SMARTS) is 1. The number of carbonyl (C=O) groups is 2. The standard InChI is InChI=1S/C14H13N3O4/c18-12-6-5-11(16-17-12)13(19)15-8-7-9-1-3-10(4-2-9)14(20)21/h1-6H,7-8H2,(H,15,19)(H,17,18)(H,20,21). The molecule has 0 aliphatic heterocycles. The van der Waals surface area contributed by atoms with Crippen molar-refractivity contribution in [1.29, 1.82) is 0 Å². The van der Waals surface area contributed by atoms with Crippen molar-refractivity contribution in [1.82, 2.24) is 15.5 Å². The van der Waals surface area contributed by atoms with Gasteiger partial charge in [0.1, 0.15) is 5.69 Å². The van der Waals surface area contributed by atoms with E-state index in [0.29, 0.717) is 13.0 Å². The number of nitrogens with one attached hydrogen (secondary N) is 2. The van der Waals surface area contributed by atoms with Crippen LogP contribution in [-0.2, 0) is 6.42 Å². The van der Waals surface area contributed by atoms with Crippen LogP contribution in [0.5, 0.6) is 0 Å². The Labute approximate surface area is 119 Å². The highest BCUT2D eigenvalue weighted by molar-refractivity contribution is 5.92. The second-order valence-electron chi connectivity index (χ2n) is 4.31. The number of hydrogen-bond donors (Lipinski definition) is 3. The van der Waals surface area contributed by atoms with Crippen molar-refractivity contribution in [2.24, 2.45) is 0 Å². The predicted molar refractivity (Wildman–Crippen MR) is 74.3 cm³/mol. The summed E-state index contributed by atoms with van der Waals surface area (Å²) in [5.41, 5.74) is 0.899. The van der Waals surface area contributed by atoms with E-state index < -0.39 is 5.97 Å². The summed E-state index contributed by atoms with van der Waals surface area (Å²) < 4.78 is 0. The molecule has 0 radical (unpaired) electrons. The Morgan fingerprint density at radius 2 is 1.86 bits per heavy atom. The maximum absolute atomic E-state index is 11.7. The number of H-pyrrole nitrogens is 1. The van der Waals surface area contributed by atoms with Crippen LogP contribution in [0.3, 0.4) is 0 Å². The Morgan fingerprint density at radius 1 is 1.14 bits per heavy atom. The van der Waals surface area contributed by atoms with Gasteiger partial charge < -0.3 is 10.4 Å². The molecule has 0 bridgehead atoms. The summed E-state index contributed by atoms with van der Waals surface area (Å²) in [5, 5.41) is 17.2. The fourth-order valence-electron chi connectivity index (χ4n) is 1.70. The molecule has 0 atom stereocenters. The third kappa shape index (κ3) is 4.00. The number of carbonyl (C=O) groups excluding carboxylic acids is 1. The molecule has 0 fully saturated rings. The minimum atomic E-state index is -0.973. The Kier molecular flexibility index (Phi) is 4.45. The molecule has 7 heteroatoms. The monoisotopic (exact) mass is 287 g/mol. The lowest BCUT2D eigenvalue weighted by Gasteiger charge is -2.05. The van der Waals surface area contributed by atoms with Gasteiger partial charge in [-0.2, -0.15) is 5.10 Å². The zero-order valence-electron chi connectivity index (χ0n) is 11.0. The van der Waals surface area contributed by atoms with E-state index in [-0.39, 0.29) is 22.7 Å². The summed E-state index contributed by atoms with van der Waals surface area (Å²) in [5.74, 6) is -1.35. The predicted octanol–water partition coefficient (Wildman–Crippen LogP) is 0.441. The second-order valence-corrected chi connectivity index (χ2v) is 4.31. The molecule has 7 nitrogen and oxygen atoms in total. The van der Waals surface area contributed by atoms with Crippen LogP contribution in [0.25, 0.3) is 0 Å². The Hall–Kier alpha value is -2.96. The average Bonchev–Trinajstić information content (AvgIpc) is 2.48. The van der Waals surface area contributed by atoms with Gasteiger partial charge in [-0.3, -0.25) is 9.59 Å². The lowest BCUT2D eigenvalue weighted by atomic mass is 10.1. The number of benzene rings is 1. The molecule has 0 aliphatic rings. The minimum absolute atomic E-state index is 0.135. The van der Waals surface area contributed by atoms with E-state index in [1.165, 1.54) is 24.3 Å². The summed E-state index contributed by atoms with van der Waals surface area (Å²) in [6.45, 7) is 0.381. The fraction of sp³-hybridized carbons (Fsp3) is 0.143. The summed E-state index contributed by atoms with van der Waals surface area (Å²) in [4.78, 5) is 33.3. The number of nitrogens with zero attached hydrogens (tertiary/aromatic N) is 1.